The van der Waals surface area contributed by atoms with E-state index in [2.05, 4.69) is 58.9 Å². The first-order valence-corrected chi connectivity index (χ1v) is 6.24. The highest BCUT2D eigenvalue weighted by Gasteiger charge is 2.08. The van der Waals surface area contributed by atoms with Gasteiger partial charge in [0.15, 0.2) is 0 Å². The molecule has 1 nitrogen and oxygen atoms in total. The largest absolute Gasteiger partial charge is 0.490 e. The van der Waals surface area contributed by atoms with Crippen molar-refractivity contribution >= 4 is 0 Å². The second-order valence-electron chi connectivity index (χ2n) is 5.31. The van der Waals surface area contributed by atoms with Crippen LogP contribution in [0.25, 0.3) is 0 Å². The summed E-state index contributed by atoms with van der Waals surface area (Å²) >= 11 is 0. The van der Waals surface area contributed by atoms with Gasteiger partial charge in [-0.05, 0) is 42.9 Å². The summed E-state index contributed by atoms with van der Waals surface area (Å²) in [5.41, 5.74) is 1.39. The maximum Gasteiger partial charge on any atom is 0.119 e. The van der Waals surface area contributed by atoms with E-state index in [-0.39, 0.29) is 6.10 Å². The predicted molar refractivity (Wildman–Crippen MR) is 69.9 cm³/mol. The van der Waals surface area contributed by atoms with Gasteiger partial charge in [0.2, 0.25) is 0 Å². The van der Waals surface area contributed by atoms with E-state index in [1.54, 1.807) is 0 Å². The van der Waals surface area contributed by atoms with E-state index >= 15 is 0 Å². The van der Waals surface area contributed by atoms with Gasteiger partial charge in [-0.15, -0.1) is 0 Å². The predicted octanol–water partition coefficient (Wildman–Crippen LogP) is 4.31. The minimum absolute atomic E-state index is 0.274. The van der Waals surface area contributed by atoms with Crippen molar-refractivity contribution in [2.45, 2.75) is 47.1 Å². The van der Waals surface area contributed by atoms with Gasteiger partial charge in [-0.25, -0.2) is 0 Å². The van der Waals surface area contributed by atoms with Gasteiger partial charge >= 0.3 is 0 Å². The van der Waals surface area contributed by atoms with Crippen molar-refractivity contribution in [3.63, 3.8) is 0 Å². The minimum Gasteiger partial charge on any atom is -0.490 e. The molecule has 0 aliphatic heterocycles. The average Bonchev–Trinajstić information content (AvgIpc) is 2.20. The van der Waals surface area contributed by atoms with E-state index in [0.717, 1.165) is 12.2 Å². The number of benzene rings is 1. The van der Waals surface area contributed by atoms with Crippen LogP contribution in [0.15, 0.2) is 24.3 Å². The first-order valence-electron chi connectivity index (χ1n) is 6.24. The normalized spacial score (nSPS) is 13.2. The van der Waals surface area contributed by atoms with Gasteiger partial charge in [0.1, 0.15) is 5.75 Å². The van der Waals surface area contributed by atoms with Gasteiger partial charge in [-0.2, -0.15) is 0 Å². The Morgan fingerprint density at radius 3 is 1.94 bits per heavy atom. The fourth-order valence-corrected chi connectivity index (χ4v) is 1.53. The van der Waals surface area contributed by atoms with Crippen LogP contribution in [0.2, 0.25) is 0 Å². The quantitative estimate of drug-likeness (QED) is 0.718. The van der Waals surface area contributed by atoms with Crippen molar-refractivity contribution in [3.8, 4) is 5.75 Å². The molecule has 90 valence electrons. The Morgan fingerprint density at radius 2 is 1.50 bits per heavy atom. The van der Waals surface area contributed by atoms with Crippen molar-refractivity contribution in [2.24, 2.45) is 11.8 Å². The molecular weight excluding hydrogens is 196 g/mol. The van der Waals surface area contributed by atoms with Crippen LogP contribution in [0.4, 0.5) is 0 Å². The van der Waals surface area contributed by atoms with Gasteiger partial charge in [0.25, 0.3) is 0 Å². The Bertz CT molecular complexity index is 298. The molecule has 1 atom stereocenters. The molecule has 0 heterocycles. The summed E-state index contributed by atoms with van der Waals surface area (Å²) in [5.74, 6) is 2.24. The summed E-state index contributed by atoms with van der Waals surface area (Å²) in [4.78, 5) is 0. The van der Waals surface area contributed by atoms with Crippen LogP contribution in [-0.4, -0.2) is 6.10 Å². The highest BCUT2D eigenvalue weighted by atomic mass is 16.5. The molecule has 1 heteroatoms. The number of hydrogen-bond donors (Lipinski definition) is 0. The maximum atomic E-state index is 5.84. The molecule has 0 aliphatic carbocycles. The summed E-state index contributed by atoms with van der Waals surface area (Å²) in [7, 11) is 0. The molecule has 1 rings (SSSR count). The molecule has 0 saturated heterocycles. The SMILES string of the molecule is CC(C)Cc1ccc(OC(C)C(C)C)cc1. The lowest BCUT2D eigenvalue weighted by atomic mass is 10.0. The van der Waals surface area contributed by atoms with E-state index in [1.807, 2.05) is 0 Å². The summed E-state index contributed by atoms with van der Waals surface area (Å²) < 4.78 is 5.84. The lowest BCUT2D eigenvalue weighted by Gasteiger charge is -2.18. The van der Waals surface area contributed by atoms with Crippen molar-refractivity contribution in [3.05, 3.63) is 29.8 Å². The summed E-state index contributed by atoms with van der Waals surface area (Å²) in [6.07, 6.45) is 1.41. The first kappa shape index (κ1) is 13.1. The van der Waals surface area contributed by atoms with Gasteiger partial charge < -0.3 is 4.74 Å². The van der Waals surface area contributed by atoms with Crippen LogP contribution in [0.3, 0.4) is 0 Å². The van der Waals surface area contributed by atoms with Crippen molar-refractivity contribution in [1.29, 1.82) is 0 Å². The van der Waals surface area contributed by atoms with Crippen molar-refractivity contribution in [1.82, 2.24) is 0 Å². The maximum absolute atomic E-state index is 5.84. The van der Waals surface area contributed by atoms with Crippen LogP contribution in [0, 0.1) is 11.8 Å². The lowest BCUT2D eigenvalue weighted by molar-refractivity contribution is 0.170. The molecule has 0 fully saturated rings. The third-order valence-corrected chi connectivity index (χ3v) is 2.83. The molecule has 16 heavy (non-hydrogen) atoms. The van der Waals surface area contributed by atoms with Crippen LogP contribution in [0.5, 0.6) is 5.75 Å². The second kappa shape index (κ2) is 5.93. The van der Waals surface area contributed by atoms with Crippen LogP contribution in [-0.2, 0) is 6.42 Å². The summed E-state index contributed by atoms with van der Waals surface area (Å²) in [6, 6.07) is 8.50. The average molecular weight is 220 g/mol. The van der Waals surface area contributed by atoms with Crippen LogP contribution >= 0.6 is 0 Å². The molecule has 0 aromatic heterocycles. The van der Waals surface area contributed by atoms with E-state index in [9.17, 15) is 0 Å². The monoisotopic (exact) mass is 220 g/mol. The van der Waals surface area contributed by atoms with Gasteiger partial charge in [0, 0.05) is 0 Å². The van der Waals surface area contributed by atoms with Gasteiger partial charge in [-0.1, -0.05) is 39.8 Å². The Labute approximate surface area is 99.8 Å². The zero-order chi connectivity index (χ0) is 12.1. The smallest absolute Gasteiger partial charge is 0.119 e. The van der Waals surface area contributed by atoms with Crippen LogP contribution in [0.1, 0.15) is 40.2 Å². The molecule has 0 bridgehead atoms. The zero-order valence-corrected chi connectivity index (χ0v) is 11.2. The van der Waals surface area contributed by atoms with E-state index in [1.165, 1.54) is 5.56 Å². The molecule has 0 saturated carbocycles. The third kappa shape index (κ3) is 4.26. The Hall–Kier alpha value is -0.980. The highest BCUT2D eigenvalue weighted by Crippen LogP contribution is 2.18. The van der Waals surface area contributed by atoms with Gasteiger partial charge in [-0.3, -0.25) is 0 Å². The molecule has 1 unspecified atom stereocenters. The Morgan fingerprint density at radius 1 is 0.938 bits per heavy atom. The molecule has 0 amide bonds. The summed E-state index contributed by atoms with van der Waals surface area (Å²) in [5, 5.41) is 0. The fraction of sp³-hybridized carbons (Fsp3) is 0.600. The first-order chi connectivity index (χ1) is 7.49. The topological polar surface area (TPSA) is 9.23 Å². The standard InChI is InChI=1S/C15H24O/c1-11(2)10-14-6-8-15(9-7-14)16-13(5)12(3)4/h6-9,11-13H,10H2,1-5H3. The van der Waals surface area contributed by atoms with Crippen molar-refractivity contribution in [2.75, 3.05) is 0 Å². The van der Waals surface area contributed by atoms with Crippen LogP contribution < -0.4 is 4.74 Å². The fourth-order valence-electron chi connectivity index (χ4n) is 1.53. The highest BCUT2D eigenvalue weighted by molar-refractivity contribution is 5.27. The van der Waals surface area contributed by atoms with Gasteiger partial charge in [0.05, 0.1) is 6.10 Å². The zero-order valence-electron chi connectivity index (χ0n) is 11.2. The Balaban J connectivity index is 2.57. The van der Waals surface area contributed by atoms with E-state index in [4.69, 9.17) is 4.74 Å². The molecular formula is C15H24O. The molecule has 1 aromatic rings. The number of ether oxygens (including phenoxy) is 1. The molecule has 0 aliphatic rings. The molecule has 0 radical (unpaired) electrons. The van der Waals surface area contributed by atoms with E-state index in [0.29, 0.717) is 11.8 Å². The lowest BCUT2D eigenvalue weighted by Crippen LogP contribution is -2.18. The number of rotatable bonds is 5. The second-order valence-corrected chi connectivity index (χ2v) is 5.31. The summed E-state index contributed by atoms with van der Waals surface area (Å²) in [6.45, 7) is 11.0. The molecule has 0 N–H and O–H groups in total. The van der Waals surface area contributed by atoms with E-state index < -0.39 is 0 Å². The molecule has 1 aromatic carbocycles. The molecule has 0 spiro atoms. The Kier molecular flexibility index (Phi) is 4.85. The minimum atomic E-state index is 0.274. The number of hydrogen-bond acceptors (Lipinski definition) is 1. The van der Waals surface area contributed by atoms with Crippen molar-refractivity contribution < 1.29 is 4.74 Å². The third-order valence-electron chi connectivity index (χ3n) is 2.83.